The summed E-state index contributed by atoms with van der Waals surface area (Å²) in [6.07, 6.45) is -5.46. The van der Waals surface area contributed by atoms with Crippen LogP contribution in [0.5, 0.6) is 0 Å². The number of nitro benzene ring substituents is 1. The molecule has 1 aliphatic heterocycles. The Bertz CT molecular complexity index is 559. The molecular weight excluding hydrogens is 291 g/mol. The summed E-state index contributed by atoms with van der Waals surface area (Å²) in [5, 5.41) is 13.3. The molecule has 1 aliphatic rings. The van der Waals surface area contributed by atoms with Crippen LogP contribution in [0.25, 0.3) is 0 Å². The molecule has 0 spiro atoms. The Morgan fingerprint density at radius 3 is 2.38 bits per heavy atom. The highest BCUT2D eigenvalue weighted by atomic mass is 19.4. The summed E-state index contributed by atoms with van der Waals surface area (Å²) in [6.45, 7) is 0.0991. The van der Waals surface area contributed by atoms with Gasteiger partial charge < -0.3 is 4.90 Å². The van der Waals surface area contributed by atoms with Crippen molar-refractivity contribution in [2.75, 3.05) is 6.54 Å². The molecule has 1 fully saturated rings. The molecule has 1 aromatic rings. The zero-order valence-corrected chi connectivity index (χ0v) is 10.9. The van der Waals surface area contributed by atoms with E-state index in [1.165, 1.54) is 31.2 Å². The second-order valence-corrected chi connectivity index (χ2v) is 4.72. The highest BCUT2D eigenvalue weighted by molar-refractivity contribution is 5.84. The molecule has 21 heavy (non-hydrogen) atoms. The number of carbonyl (C=O) groups is 1. The van der Waals surface area contributed by atoms with Crippen molar-refractivity contribution in [1.82, 2.24) is 10.2 Å². The Kier molecular flexibility index (Phi) is 3.86. The number of nitrogens with one attached hydrogen (secondary N) is 1. The number of rotatable bonds is 3. The van der Waals surface area contributed by atoms with Gasteiger partial charge in [0.15, 0.2) is 0 Å². The highest BCUT2D eigenvalue weighted by Gasteiger charge is 2.43. The highest BCUT2D eigenvalue weighted by Crippen LogP contribution is 2.30. The van der Waals surface area contributed by atoms with Crippen LogP contribution in [0.3, 0.4) is 0 Å². The van der Waals surface area contributed by atoms with Crippen LogP contribution in [0.4, 0.5) is 18.9 Å². The van der Waals surface area contributed by atoms with Gasteiger partial charge in [-0.1, -0.05) is 0 Å². The molecule has 6 nitrogen and oxygen atoms in total. The lowest BCUT2D eigenvalue weighted by Gasteiger charge is -2.25. The molecule has 114 valence electrons. The normalized spacial score (nSPS) is 22.7. The lowest BCUT2D eigenvalue weighted by atomic mass is 10.1. The van der Waals surface area contributed by atoms with Crippen molar-refractivity contribution < 1.29 is 22.9 Å². The SMILES string of the molecule is CC1NC(c2ccc([N+](=O)[O-])cc2)N(CC(F)(F)F)C1=O. The minimum absolute atomic E-state index is 0.168. The van der Waals surface area contributed by atoms with Gasteiger partial charge >= 0.3 is 6.18 Å². The summed E-state index contributed by atoms with van der Waals surface area (Å²) in [6, 6.07) is 4.31. The average Bonchev–Trinajstić information content (AvgIpc) is 2.65. The summed E-state index contributed by atoms with van der Waals surface area (Å²) < 4.78 is 37.7. The number of carbonyl (C=O) groups excluding carboxylic acids is 1. The molecule has 0 aliphatic carbocycles. The minimum atomic E-state index is -4.51. The van der Waals surface area contributed by atoms with Crippen molar-refractivity contribution in [1.29, 1.82) is 0 Å². The molecule has 9 heteroatoms. The van der Waals surface area contributed by atoms with Crippen molar-refractivity contribution in [3.63, 3.8) is 0 Å². The number of nitro groups is 1. The maximum absolute atomic E-state index is 12.6. The maximum atomic E-state index is 12.6. The number of benzene rings is 1. The molecule has 2 atom stereocenters. The van der Waals surface area contributed by atoms with Crippen molar-refractivity contribution in [3.05, 3.63) is 39.9 Å². The van der Waals surface area contributed by atoms with Crippen molar-refractivity contribution in [3.8, 4) is 0 Å². The van der Waals surface area contributed by atoms with Gasteiger partial charge in [0.05, 0.1) is 11.0 Å². The van der Waals surface area contributed by atoms with E-state index in [4.69, 9.17) is 0 Å². The number of hydrogen-bond donors (Lipinski definition) is 1. The van der Waals surface area contributed by atoms with E-state index in [0.29, 0.717) is 10.5 Å². The molecule has 0 radical (unpaired) electrons. The fourth-order valence-corrected chi connectivity index (χ4v) is 2.19. The first-order valence-corrected chi connectivity index (χ1v) is 6.06. The molecule has 0 bridgehead atoms. The average molecular weight is 303 g/mol. The van der Waals surface area contributed by atoms with Crippen molar-refractivity contribution >= 4 is 11.6 Å². The third kappa shape index (κ3) is 3.30. The third-order valence-electron chi connectivity index (χ3n) is 3.14. The van der Waals surface area contributed by atoms with Gasteiger partial charge in [-0.05, 0) is 24.6 Å². The number of nitrogens with zero attached hydrogens (tertiary/aromatic N) is 2. The molecule has 1 N–H and O–H groups in total. The zero-order chi connectivity index (χ0) is 15.8. The quantitative estimate of drug-likeness (QED) is 0.684. The second kappa shape index (κ2) is 5.32. The molecular formula is C12H12F3N3O3. The Hall–Kier alpha value is -2.16. The van der Waals surface area contributed by atoms with Gasteiger partial charge in [-0.3, -0.25) is 20.2 Å². The summed E-state index contributed by atoms with van der Waals surface area (Å²) in [4.78, 5) is 22.4. The smallest absolute Gasteiger partial charge is 0.312 e. The van der Waals surface area contributed by atoms with Crippen LogP contribution in [-0.2, 0) is 4.79 Å². The second-order valence-electron chi connectivity index (χ2n) is 4.72. The molecule has 1 saturated heterocycles. The summed E-state index contributed by atoms with van der Waals surface area (Å²) >= 11 is 0. The number of hydrogen-bond acceptors (Lipinski definition) is 4. The standard InChI is InChI=1S/C12H12F3N3O3/c1-7-11(19)17(6-12(13,14)15)10(16-7)8-2-4-9(5-3-8)18(20)21/h2-5,7,10,16H,6H2,1H3. The van der Waals surface area contributed by atoms with Crippen LogP contribution in [0.1, 0.15) is 18.7 Å². The van der Waals surface area contributed by atoms with Crippen LogP contribution in [0.15, 0.2) is 24.3 Å². The first-order chi connectivity index (χ1) is 9.69. The van der Waals surface area contributed by atoms with E-state index in [1.54, 1.807) is 0 Å². The van der Waals surface area contributed by atoms with E-state index in [2.05, 4.69) is 5.32 Å². The Morgan fingerprint density at radius 2 is 1.90 bits per heavy atom. The summed E-state index contributed by atoms with van der Waals surface area (Å²) in [7, 11) is 0. The number of non-ortho nitro benzene ring substituents is 1. The molecule has 0 aromatic heterocycles. The maximum Gasteiger partial charge on any atom is 0.406 e. The minimum Gasteiger partial charge on any atom is -0.312 e. The van der Waals surface area contributed by atoms with E-state index in [1.807, 2.05) is 0 Å². The van der Waals surface area contributed by atoms with Gasteiger partial charge in [0, 0.05) is 12.1 Å². The lowest BCUT2D eigenvalue weighted by Crippen LogP contribution is -2.38. The van der Waals surface area contributed by atoms with E-state index in [-0.39, 0.29) is 5.69 Å². The topological polar surface area (TPSA) is 75.5 Å². The van der Waals surface area contributed by atoms with Crippen molar-refractivity contribution in [2.45, 2.75) is 25.3 Å². The van der Waals surface area contributed by atoms with Gasteiger partial charge in [0.1, 0.15) is 12.7 Å². The first-order valence-electron chi connectivity index (χ1n) is 6.06. The Labute approximate surface area is 117 Å². The molecule has 2 unspecified atom stereocenters. The van der Waals surface area contributed by atoms with Crippen LogP contribution >= 0.6 is 0 Å². The van der Waals surface area contributed by atoms with Crippen LogP contribution in [0, 0.1) is 10.1 Å². The van der Waals surface area contributed by atoms with E-state index < -0.39 is 35.8 Å². The van der Waals surface area contributed by atoms with Crippen molar-refractivity contribution in [2.24, 2.45) is 0 Å². The zero-order valence-electron chi connectivity index (χ0n) is 10.9. The molecule has 1 aromatic carbocycles. The van der Waals surface area contributed by atoms with E-state index in [9.17, 15) is 28.1 Å². The van der Waals surface area contributed by atoms with Gasteiger partial charge in [0.2, 0.25) is 5.91 Å². The van der Waals surface area contributed by atoms with Gasteiger partial charge in [-0.25, -0.2) is 0 Å². The van der Waals surface area contributed by atoms with Gasteiger partial charge in [-0.15, -0.1) is 0 Å². The molecule has 2 rings (SSSR count). The van der Waals surface area contributed by atoms with Crippen LogP contribution < -0.4 is 5.32 Å². The number of alkyl halides is 3. The number of amides is 1. The van der Waals surface area contributed by atoms with E-state index in [0.717, 1.165) is 0 Å². The Balaban J connectivity index is 2.27. The Morgan fingerprint density at radius 1 is 1.33 bits per heavy atom. The summed E-state index contributed by atoms with van der Waals surface area (Å²) in [5.41, 5.74) is 0.195. The van der Waals surface area contributed by atoms with E-state index >= 15 is 0 Å². The monoisotopic (exact) mass is 303 g/mol. The number of halogens is 3. The largest absolute Gasteiger partial charge is 0.406 e. The van der Waals surface area contributed by atoms with Gasteiger partial charge in [0.25, 0.3) is 5.69 Å². The summed E-state index contributed by atoms with van der Waals surface area (Å²) in [5.74, 6) is -0.657. The first kappa shape index (κ1) is 15.2. The molecule has 0 saturated carbocycles. The molecule has 1 amide bonds. The van der Waals surface area contributed by atoms with Crippen LogP contribution in [-0.4, -0.2) is 34.5 Å². The molecule has 1 heterocycles. The lowest BCUT2D eigenvalue weighted by molar-refractivity contribution is -0.384. The third-order valence-corrected chi connectivity index (χ3v) is 3.14. The fraction of sp³-hybridized carbons (Fsp3) is 0.417. The predicted octanol–water partition coefficient (Wildman–Crippen LogP) is 1.98. The van der Waals surface area contributed by atoms with Crippen LogP contribution in [0.2, 0.25) is 0 Å². The predicted molar refractivity (Wildman–Crippen MR) is 66.2 cm³/mol. The van der Waals surface area contributed by atoms with Gasteiger partial charge in [-0.2, -0.15) is 13.2 Å². The fourth-order valence-electron chi connectivity index (χ4n) is 2.19.